The zero-order valence-electron chi connectivity index (χ0n) is 20.4. The SMILES string of the molecule is COc1cc(-c2cc(CN(c3ccc(F)c(F)c3)C3CCNCC3)ccn2)cc(OC)c1OC.Cl.Cl. The molecular weight excluding hydrogens is 511 g/mol. The Hall–Kier alpha value is -2.81. The second kappa shape index (κ2) is 13.5. The topological polar surface area (TPSA) is 55.9 Å². The number of methoxy groups -OCH3 is 3. The first-order valence-corrected chi connectivity index (χ1v) is 11.2. The summed E-state index contributed by atoms with van der Waals surface area (Å²) in [4.78, 5) is 6.69. The van der Waals surface area contributed by atoms with E-state index in [-0.39, 0.29) is 30.9 Å². The van der Waals surface area contributed by atoms with Crippen LogP contribution >= 0.6 is 24.8 Å². The Bertz CT molecular complexity index is 1120. The monoisotopic (exact) mass is 541 g/mol. The van der Waals surface area contributed by atoms with E-state index >= 15 is 0 Å². The van der Waals surface area contributed by atoms with Crippen LogP contribution in [-0.4, -0.2) is 45.4 Å². The maximum absolute atomic E-state index is 14.1. The van der Waals surface area contributed by atoms with Crippen LogP contribution in [0.25, 0.3) is 11.3 Å². The maximum atomic E-state index is 14.1. The number of nitrogens with zero attached hydrogens (tertiary/aromatic N) is 2. The highest BCUT2D eigenvalue weighted by Gasteiger charge is 2.23. The quantitative estimate of drug-likeness (QED) is 0.397. The molecular formula is C26H31Cl2F2N3O3. The predicted octanol–water partition coefficient (Wildman–Crippen LogP) is 5.65. The molecule has 1 saturated heterocycles. The van der Waals surface area contributed by atoms with Gasteiger partial charge in [0.2, 0.25) is 5.75 Å². The second-order valence-corrected chi connectivity index (χ2v) is 8.17. The summed E-state index contributed by atoms with van der Waals surface area (Å²) in [5.41, 5.74) is 3.23. The summed E-state index contributed by atoms with van der Waals surface area (Å²) in [5.74, 6) is -0.0865. The third-order valence-electron chi connectivity index (χ3n) is 6.12. The number of rotatable bonds is 8. The van der Waals surface area contributed by atoms with Crippen LogP contribution in [-0.2, 0) is 6.54 Å². The van der Waals surface area contributed by atoms with Crippen molar-refractivity contribution in [1.29, 1.82) is 0 Å². The lowest BCUT2D eigenvalue weighted by molar-refractivity contribution is 0.324. The van der Waals surface area contributed by atoms with Crippen molar-refractivity contribution in [2.45, 2.75) is 25.4 Å². The molecule has 1 fully saturated rings. The number of hydrogen-bond acceptors (Lipinski definition) is 6. The van der Waals surface area contributed by atoms with E-state index in [4.69, 9.17) is 14.2 Å². The average Bonchev–Trinajstić information content (AvgIpc) is 2.88. The molecule has 0 amide bonds. The Morgan fingerprint density at radius 3 is 2.14 bits per heavy atom. The Labute approximate surface area is 222 Å². The molecule has 196 valence electrons. The van der Waals surface area contributed by atoms with Crippen molar-refractivity contribution >= 4 is 30.5 Å². The zero-order chi connectivity index (χ0) is 24.1. The lowest BCUT2D eigenvalue weighted by atomic mass is 10.0. The van der Waals surface area contributed by atoms with E-state index in [0.717, 1.165) is 42.8 Å². The molecule has 1 aromatic heterocycles. The molecule has 0 atom stereocenters. The van der Waals surface area contributed by atoms with Crippen molar-refractivity contribution in [2.24, 2.45) is 0 Å². The molecule has 6 nitrogen and oxygen atoms in total. The Kier molecular flexibility index (Phi) is 11.0. The van der Waals surface area contributed by atoms with Crippen LogP contribution in [0, 0.1) is 11.6 Å². The molecule has 1 N–H and O–H groups in total. The minimum Gasteiger partial charge on any atom is -0.493 e. The van der Waals surface area contributed by atoms with Gasteiger partial charge in [0.15, 0.2) is 23.1 Å². The van der Waals surface area contributed by atoms with Gasteiger partial charge in [-0.15, -0.1) is 24.8 Å². The van der Waals surface area contributed by atoms with Gasteiger partial charge in [-0.1, -0.05) is 0 Å². The number of anilines is 1. The second-order valence-electron chi connectivity index (χ2n) is 8.17. The summed E-state index contributed by atoms with van der Waals surface area (Å²) in [6.07, 6.45) is 3.59. The molecule has 1 aliphatic rings. The summed E-state index contributed by atoms with van der Waals surface area (Å²) in [7, 11) is 4.71. The fourth-order valence-corrected chi connectivity index (χ4v) is 4.37. The van der Waals surface area contributed by atoms with Gasteiger partial charge in [-0.05, 0) is 67.9 Å². The van der Waals surface area contributed by atoms with E-state index in [2.05, 4.69) is 15.2 Å². The van der Waals surface area contributed by atoms with Crippen LogP contribution in [0.4, 0.5) is 14.5 Å². The number of ether oxygens (including phenoxy) is 3. The number of aromatic nitrogens is 1. The third-order valence-corrected chi connectivity index (χ3v) is 6.12. The summed E-state index contributed by atoms with van der Waals surface area (Å²) in [6.45, 7) is 2.31. The average molecular weight is 542 g/mol. The number of pyridine rings is 1. The minimum atomic E-state index is -0.845. The van der Waals surface area contributed by atoms with Gasteiger partial charge < -0.3 is 24.4 Å². The normalized spacial score (nSPS) is 13.2. The van der Waals surface area contributed by atoms with E-state index < -0.39 is 11.6 Å². The van der Waals surface area contributed by atoms with Crippen LogP contribution in [0.15, 0.2) is 48.7 Å². The van der Waals surface area contributed by atoms with Gasteiger partial charge >= 0.3 is 0 Å². The Balaban J connectivity index is 0.00000228. The van der Waals surface area contributed by atoms with Crippen molar-refractivity contribution in [3.63, 3.8) is 0 Å². The fraction of sp³-hybridized carbons (Fsp3) is 0.346. The number of nitrogens with one attached hydrogen (secondary N) is 1. The number of piperidine rings is 1. The molecule has 4 rings (SSSR count). The standard InChI is InChI=1S/C26H29F2N3O3.2ClH/c1-32-24-13-18(14-25(33-2)26(24)34-3)23-12-17(6-11-30-23)16-31(19-7-9-29-10-8-19)20-4-5-21(27)22(28)15-20;;/h4-6,11-15,19,29H,7-10,16H2,1-3H3;2*1H. The highest BCUT2D eigenvalue weighted by Crippen LogP contribution is 2.41. The van der Waals surface area contributed by atoms with Gasteiger partial charge in [0, 0.05) is 36.1 Å². The lowest BCUT2D eigenvalue weighted by Gasteiger charge is -2.36. The molecule has 0 saturated carbocycles. The van der Waals surface area contributed by atoms with Gasteiger partial charge in [0.25, 0.3) is 0 Å². The molecule has 0 radical (unpaired) electrons. The molecule has 0 unspecified atom stereocenters. The van der Waals surface area contributed by atoms with Crippen molar-refractivity contribution in [2.75, 3.05) is 39.3 Å². The number of benzene rings is 2. The van der Waals surface area contributed by atoms with Crippen LogP contribution in [0.2, 0.25) is 0 Å². The Morgan fingerprint density at radius 2 is 1.56 bits per heavy atom. The maximum Gasteiger partial charge on any atom is 0.203 e. The van der Waals surface area contributed by atoms with E-state index in [1.807, 2.05) is 24.3 Å². The van der Waals surface area contributed by atoms with Gasteiger partial charge in [-0.2, -0.15) is 0 Å². The smallest absolute Gasteiger partial charge is 0.203 e. The molecule has 2 heterocycles. The van der Waals surface area contributed by atoms with Gasteiger partial charge in [-0.3, -0.25) is 4.98 Å². The van der Waals surface area contributed by atoms with Crippen LogP contribution in [0.5, 0.6) is 17.2 Å². The molecule has 3 aromatic rings. The zero-order valence-corrected chi connectivity index (χ0v) is 22.1. The Morgan fingerprint density at radius 1 is 0.889 bits per heavy atom. The molecule has 36 heavy (non-hydrogen) atoms. The summed E-state index contributed by atoms with van der Waals surface area (Å²) < 4.78 is 44.1. The lowest BCUT2D eigenvalue weighted by Crippen LogP contribution is -2.43. The van der Waals surface area contributed by atoms with Crippen LogP contribution < -0.4 is 24.4 Å². The highest BCUT2D eigenvalue weighted by molar-refractivity contribution is 5.85. The fourth-order valence-electron chi connectivity index (χ4n) is 4.37. The van der Waals surface area contributed by atoms with E-state index in [0.29, 0.717) is 29.5 Å². The van der Waals surface area contributed by atoms with Crippen LogP contribution in [0.3, 0.4) is 0 Å². The summed E-state index contributed by atoms with van der Waals surface area (Å²) >= 11 is 0. The largest absolute Gasteiger partial charge is 0.493 e. The summed E-state index contributed by atoms with van der Waals surface area (Å²) in [5, 5.41) is 3.36. The number of halogens is 4. The van der Waals surface area contributed by atoms with Gasteiger partial charge in [-0.25, -0.2) is 8.78 Å². The van der Waals surface area contributed by atoms with Gasteiger partial charge in [0.05, 0.1) is 27.0 Å². The molecule has 0 spiro atoms. The van der Waals surface area contributed by atoms with Crippen molar-refractivity contribution in [3.05, 3.63) is 65.9 Å². The molecule has 2 aromatic carbocycles. The number of hydrogen-bond donors (Lipinski definition) is 1. The van der Waals surface area contributed by atoms with Crippen molar-refractivity contribution in [1.82, 2.24) is 10.3 Å². The molecule has 0 aliphatic carbocycles. The van der Waals surface area contributed by atoms with E-state index in [1.54, 1.807) is 33.6 Å². The van der Waals surface area contributed by atoms with E-state index in [9.17, 15) is 8.78 Å². The third kappa shape index (κ3) is 6.49. The highest BCUT2D eigenvalue weighted by atomic mass is 35.5. The predicted molar refractivity (Wildman–Crippen MR) is 142 cm³/mol. The first-order chi connectivity index (χ1) is 16.5. The molecule has 1 aliphatic heterocycles. The first kappa shape index (κ1) is 29.4. The summed E-state index contributed by atoms with van der Waals surface area (Å²) in [6, 6.07) is 12.0. The van der Waals surface area contributed by atoms with Crippen molar-refractivity contribution in [3.8, 4) is 28.5 Å². The van der Waals surface area contributed by atoms with Crippen LogP contribution in [0.1, 0.15) is 18.4 Å². The molecule has 10 heteroatoms. The minimum absolute atomic E-state index is 0. The van der Waals surface area contributed by atoms with Gasteiger partial charge in [0.1, 0.15) is 0 Å². The van der Waals surface area contributed by atoms with E-state index in [1.165, 1.54) is 12.1 Å². The first-order valence-electron chi connectivity index (χ1n) is 11.2. The molecule has 0 bridgehead atoms. The van der Waals surface area contributed by atoms with Crippen molar-refractivity contribution < 1.29 is 23.0 Å².